The normalized spacial score (nSPS) is 36.4. The second kappa shape index (κ2) is 2.53. The molecule has 2 spiro atoms. The van der Waals surface area contributed by atoms with E-state index in [0.717, 1.165) is 0 Å². The molecule has 14 heavy (non-hydrogen) atoms. The van der Waals surface area contributed by atoms with Crippen molar-refractivity contribution in [2.45, 2.75) is 63.7 Å². The van der Waals surface area contributed by atoms with Crippen molar-refractivity contribution in [1.82, 2.24) is 5.32 Å². The van der Waals surface area contributed by atoms with Crippen molar-refractivity contribution in [3.05, 3.63) is 0 Å². The molecule has 1 heterocycles. The van der Waals surface area contributed by atoms with E-state index < -0.39 is 0 Å². The average molecular weight is 195 g/mol. The zero-order chi connectivity index (χ0) is 9.86. The lowest BCUT2D eigenvalue weighted by molar-refractivity contribution is -0.295. The van der Waals surface area contributed by atoms with Crippen molar-refractivity contribution >= 4 is 0 Å². The number of fused-ring (bicyclic) bond motifs is 1. The van der Waals surface area contributed by atoms with E-state index in [-0.39, 0.29) is 11.3 Å². The minimum Gasteiger partial charge on any atom is -0.354 e. The van der Waals surface area contributed by atoms with Gasteiger partial charge in [-0.3, -0.25) is 5.32 Å². The Morgan fingerprint density at radius 2 is 1.64 bits per heavy atom. The Labute approximate surface area is 86.4 Å². The number of nitrogens with one attached hydrogen (secondary N) is 1. The van der Waals surface area contributed by atoms with Gasteiger partial charge in [0.15, 0.2) is 0 Å². The SMILES string of the molecule is CC1(C)NCC2(CCC2)C2(CCC2)O1. The van der Waals surface area contributed by atoms with Crippen molar-refractivity contribution in [3.8, 4) is 0 Å². The van der Waals surface area contributed by atoms with Crippen LogP contribution in [0.3, 0.4) is 0 Å². The number of rotatable bonds is 0. The molecule has 0 aromatic carbocycles. The molecule has 0 unspecified atom stereocenters. The first kappa shape index (κ1) is 9.17. The van der Waals surface area contributed by atoms with E-state index in [9.17, 15) is 0 Å². The molecule has 2 heteroatoms. The number of hydrogen-bond donors (Lipinski definition) is 1. The summed E-state index contributed by atoms with van der Waals surface area (Å²) in [6.07, 6.45) is 8.16. The smallest absolute Gasteiger partial charge is 0.114 e. The molecule has 0 bridgehead atoms. The van der Waals surface area contributed by atoms with Gasteiger partial charge >= 0.3 is 0 Å². The van der Waals surface area contributed by atoms with E-state index in [1.165, 1.54) is 45.1 Å². The maximum atomic E-state index is 6.34. The molecule has 3 rings (SSSR count). The van der Waals surface area contributed by atoms with E-state index in [1.807, 2.05) is 0 Å². The lowest BCUT2D eigenvalue weighted by atomic mass is 9.51. The molecule has 2 saturated carbocycles. The fourth-order valence-electron chi connectivity index (χ4n) is 3.54. The number of hydrogen-bond acceptors (Lipinski definition) is 2. The number of ether oxygens (including phenoxy) is 1. The molecule has 0 atom stereocenters. The lowest BCUT2D eigenvalue weighted by Crippen LogP contribution is -2.71. The Morgan fingerprint density at radius 3 is 2.07 bits per heavy atom. The summed E-state index contributed by atoms with van der Waals surface area (Å²) in [4.78, 5) is 0. The van der Waals surface area contributed by atoms with Gasteiger partial charge in [-0.25, -0.2) is 0 Å². The molecule has 1 aliphatic heterocycles. The Hall–Kier alpha value is -0.0800. The highest BCUT2D eigenvalue weighted by Gasteiger charge is 2.62. The molecular formula is C12H21NO. The van der Waals surface area contributed by atoms with Crippen molar-refractivity contribution in [2.24, 2.45) is 5.41 Å². The predicted molar refractivity (Wildman–Crippen MR) is 56.0 cm³/mol. The summed E-state index contributed by atoms with van der Waals surface area (Å²) in [5.41, 5.74) is 0.683. The van der Waals surface area contributed by atoms with E-state index >= 15 is 0 Å². The molecule has 0 radical (unpaired) electrons. The van der Waals surface area contributed by atoms with Crippen molar-refractivity contribution in [1.29, 1.82) is 0 Å². The molecule has 0 amide bonds. The minimum atomic E-state index is -0.0960. The Bertz CT molecular complexity index is 251. The molecule has 3 aliphatic rings. The topological polar surface area (TPSA) is 21.3 Å². The van der Waals surface area contributed by atoms with Gasteiger partial charge in [-0.2, -0.15) is 0 Å². The van der Waals surface area contributed by atoms with E-state index in [0.29, 0.717) is 5.41 Å². The van der Waals surface area contributed by atoms with Gasteiger partial charge in [0.25, 0.3) is 0 Å². The summed E-state index contributed by atoms with van der Waals surface area (Å²) in [5.74, 6) is 0. The fraction of sp³-hybridized carbons (Fsp3) is 1.00. The van der Waals surface area contributed by atoms with Crippen LogP contribution >= 0.6 is 0 Å². The molecule has 2 nitrogen and oxygen atoms in total. The van der Waals surface area contributed by atoms with Gasteiger partial charge in [0.1, 0.15) is 5.72 Å². The molecule has 3 fully saturated rings. The standard InChI is InChI=1S/C12H21NO/c1-10(2)13-9-11(5-3-6-11)12(14-10)7-4-8-12/h13H,3-9H2,1-2H3. The van der Waals surface area contributed by atoms with Crippen LogP contribution in [-0.2, 0) is 4.74 Å². The van der Waals surface area contributed by atoms with Gasteiger partial charge in [0.05, 0.1) is 5.60 Å². The van der Waals surface area contributed by atoms with E-state index in [1.54, 1.807) is 0 Å². The summed E-state index contributed by atoms with van der Waals surface area (Å²) >= 11 is 0. The average Bonchev–Trinajstić information content (AvgIpc) is 1.97. The first-order valence-corrected chi connectivity index (χ1v) is 6.03. The zero-order valence-corrected chi connectivity index (χ0v) is 9.36. The Balaban J connectivity index is 1.88. The van der Waals surface area contributed by atoms with E-state index in [2.05, 4.69) is 19.2 Å². The molecule has 0 aromatic heterocycles. The molecular weight excluding hydrogens is 174 g/mol. The fourth-order valence-corrected chi connectivity index (χ4v) is 3.54. The minimum absolute atomic E-state index is 0.0960. The van der Waals surface area contributed by atoms with Gasteiger partial charge in [0.2, 0.25) is 0 Å². The lowest BCUT2D eigenvalue weighted by Gasteiger charge is -2.65. The van der Waals surface area contributed by atoms with Crippen molar-refractivity contribution in [3.63, 3.8) is 0 Å². The van der Waals surface area contributed by atoms with Crippen LogP contribution in [0.5, 0.6) is 0 Å². The summed E-state index contributed by atoms with van der Waals surface area (Å²) in [7, 11) is 0. The maximum absolute atomic E-state index is 6.34. The highest BCUT2D eigenvalue weighted by atomic mass is 16.5. The van der Waals surface area contributed by atoms with Crippen LogP contribution < -0.4 is 5.32 Å². The van der Waals surface area contributed by atoms with Gasteiger partial charge in [-0.05, 0) is 46.0 Å². The second-order valence-electron chi connectivity index (χ2n) is 5.95. The van der Waals surface area contributed by atoms with Gasteiger partial charge in [0, 0.05) is 12.0 Å². The third-order valence-corrected chi connectivity index (χ3v) is 4.74. The largest absolute Gasteiger partial charge is 0.354 e. The van der Waals surface area contributed by atoms with Crippen LogP contribution in [0.4, 0.5) is 0 Å². The van der Waals surface area contributed by atoms with Crippen LogP contribution in [-0.4, -0.2) is 17.9 Å². The van der Waals surface area contributed by atoms with E-state index in [4.69, 9.17) is 4.74 Å². The quantitative estimate of drug-likeness (QED) is 0.641. The van der Waals surface area contributed by atoms with Crippen LogP contribution in [0.1, 0.15) is 52.4 Å². The summed E-state index contributed by atoms with van der Waals surface area (Å²) in [6, 6.07) is 0. The van der Waals surface area contributed by atoms with Crippen LogP contribution in [0.25, 0.3) is 0 Å². The van der Waals surface area contributed by atoms with Crippen molar-refractivity contribution in [2.75, 3.05) is 6.54 Å². The predicted octanol–water partition coefficient (Wildman–Crippen LogP) is 2.44. The molecule has 80 valence electrons. The second-order valence-corrected chi connectivity index (χ2v) is 5.95. The van der Waals surface area contributed by atoms with Gasteiger partial charge < -0.3 is 4.74 Å². The molecule has 1 saturated heterocycles. The van der Waals surface area contributed by atoms with Gasteiger partial charge in [-0.15, -0.1) is 0 Å². The van der Waals surface area contributed by atoms with Gasteiger partial charge in [-0.1, -0.05) is 6.42 Å². The molecule has 2 aliphatic carbocycles. The summed E-state index contributed by atoms with van der Waals surface area (Å²) < 4.78 is 6.34. The van der Waals surface area contributed by atoms with Crippen LogP contribution in [0.15, 0.2) is 0 Å². The summed E-state index contributed by atoms with van der Waals surface area (Å²) in [5, 5.41) is 3.55. The zero-order valence-electron chi connectivity index (χ0n) is 9.36. The van der Waals surface area contributed by atoms with Crippen molar-refractivity contribution < 1.29 is 4.74 Å². The Morgan fingerprint density at radius 1 is 1.00 bits per heavy atom. The first-order chi connectivity index (χ1) is 6.58. The van der Waals surface area contributed by atoms with Crippen LogP contribution in [0, 0.1) is 5.41 Å². The van der Waals surface area contributed by atoms with Crippen LogP contribution in [0.2, 0.25) is 0 Å². The highest BCUT2D eigenvalue weighted by Crippen LogP contribution is 2.61. The highest BCUT2D eigenvalue weighted by molar-refractivity contribution is 5.13. The summed E-state index contributed by atoms with van der Waals surface area (Å²) in [6.45, 7) is 5.51. The molecule has 0 aromatic rings. The molecule has 1 N–H and O–H groups in total. The maximum Gasteiger partial charge on any atom is 0.114 e. The first-order valence-electron chi connectivity index (χ1n) is 6.03. The third kappa shape index (κ3) is 0.989. The Kier molecular flexibility index (Phi) is 1.66. The third-order valence-electron chi connectivity index (χ3n) is 4.74. The monoisotopic (exact) mass is 195 g/mol.